The molecule has 0 unspecified atom stereocenters. The van der Waals surface area contributed by atoms with Crippen LogP contribution in [0.25, 0.3) is 0 Å². The van der Waals surface area contributed by atoms with Crippen molar-refractivity contribution in [2.24, 2.45) is 0 Å². The summed E-state index contributed by atoms with van der Waals surface area (Å²) in [5.74, 6) is -0.0578. The van der Waals surface area contributed by atoms with E-state index in [1.807, 2.05) is 17.8 Å². The molecule has 0 spiro atoms. The standard InChI is InChI=1S/C14H19BrN2OS/c1-19-11-5-3-10(4-6-11)17-14(18)12-7-2-9(15)8-13(12)16/h2,7-8,10-11H,3-6,16H2,1H3,(H,17,18). The van der Waals surface area contributed by atoms with E-state index in [0.717, 1.165) is 22.6 Å². The number of anilines is 1. The summed E-state index contributed by atoms with van der Waals surface area (Å²) in [6.07, 6.45) is 6.65. The predicted molar refractivity (Wildman–Crippen MR) is 85.6 cm³/mol. The molecule has 1 fully saturated rings. The zero-order chi connectivity index (χ0) is 13.8. The van der Waals surface area contributed by atoms with Crippen LogP contribution in [0, 0.1) is 0 Å². The molecule has 3 N–H and O–H groups in total. The fourth-order valence-corrected chi connectivity index (χ4v) is 3.57. The molecule has 1 aromatic carbocycles. The summed E-state index contributed by atoms with van der Waals surface area (Å²) >= 11 is 5.27. The molecule has 1 amide bonds. The van der Waals surface area contributed by atoms with Gasteiger partial charge in [0.1, 0.15) is 0 Å². The highest BCUT2D eigenvalue weighted by atomic mass is 79.9. The van der Waals surface area contributed by atoms with Crippen LogP contribution < -0.4 is 11.1 Å². The minimum absolute atomic E-state index is 0.0578. The summed E-state index contributed by atoms with van der Waals surface area (Å²) in [6.45, 7) is 0. The van der Waals surface area contributed by atoms with E-state index in [-0.39, 0.29) is 5.91 Å². The van der Waals surface area contributed by atoms with Gasteiger partial charge in [0.25, 0.3) is 5.91 Å². The lowest BCUT2D eigenvalue weighted by Gasteiger charge is -2.28. The van der Waals surface area contributed by atoms with Crippen molar-refractivity contribution in [3.63, 3.8) is 0 Å². The summed E-state index contributed by atoms with van der Waals surface area (Å²) in [5, 5.41) is 3.85. The maximum Gasteiger partial charge on any atom is 0.253 e. The highest BCUT2D eigenvalue weighted by molar-refractivity contribution is 9.10. The van der Waals surface area contributed by atoms with Gasteiger partial charge in [0.15, 0.2) is 0 Å². The third kappa shape index (κ3) is 3.89. The van der Waals surface area contributed by atoms with E-state index >= 15 is 0 Å². The molecule has 5 heteroatoms. The van der Waals surface area contributed by atoms with Gasteiger partial charge in [0, 0.05) is 21.5 Å². The van der Waals surface area contributed by atoms with E-state index in [2.05, 4.69) is 27.5 Å². The Labute approximate surface area is 126 Å². The summed E-state index contributed by atoms with van der Waals surface area (Å²) in [5.41, 5.74) is 6.96. The molecule has 1 aromatic rings. The number of rotatable bonds is 3. The van der Waals surface area contributed by atoms with Crippen LogP contribution in [0.4, 0.5) is 5.69 Å². The minimum Gasteiger partial charge on any atom is -0.398 e. The van der Waals surface area contributed by atoms with Crippen LogP contribution in [0.15, 0.2) is 22.7 Å². The Morgan fingerprint density at radius 3 is 2.63 bits per heavy atom. The highest BCUT2D eigenvalue weighted by Gasteiger charge is 2.22. The lowest BCUT2D eigenvalue weighted by Crippen LogP contribution is -2.38. The first-order valence-corrected chi connectivity index (χ1v) is 8.57. The van der Waals surface area contributed by atoms with Crippen LogP contribution in [0.2, 0.25) is 0 Å². The van der Waals surface area contributed by atoms with E-state index in [9.17, 15) is 4.79 Å². The molecule has 0 aliphatic heterocycles. The molecular formula is C14H19BrN2OS. The molecule has 0 aromatic heterocycles. The Morgan fingerprint density at radius 1 is 1.37 bits per heavy atom. The van der Waals surface area contributed by atoms with Gasteiger partial charge in [-0.3, -0.25) is 4.79 Å². The SMILES string of the molecule is CSC1CCC(NC(=O)c2ccc(Br)cc2N)CC1. The van der Waals surface area contributed by atoms with E-state index in [4.69, 9.17) is 5.73 Å². The van der Waals surface area contributed by atoms with Crippen LogP contribution in [-0.2, 0) is 0 Å². The molecule has 0 atom stereocenters. The van der Waals surface area contributed by atoms with Gasteiger partial charge in [-0.05, 0) is 50.1 Å². The predicted octanol–water partition coefficient (Wildman–Crippen LogP) is 3.44. The summed E-state index contributed by atoms with van der Waals surface area (Å²) in [6, 6.07) is 5.66. The Hall–Kier alpha value is -0.680. The molecule has 2 rings (SSSR count). The van der Waals surface area contributed by atoms with Crippen LogP contribution in [0.1, 0.15) is 36.0 Å². The second-order valence-corrected chi connectivity index (χ2v) is 6.97. The van der Waals surface area contributed by atoms with Crippen LogP contribution in [0.5, 0.6) is 0 Å². The van der Waals surface area contributed by atoms with Crippen molar-refractivity contribution >= 4 is 39.3 Å². The van der Waals surface area contributed by atoms with Crippen LogP contribution >= 0.6 is 27.7 Å². The van der Waals surface area contributed by atoms with Gasteiger partial charge in [-0.15, -0.1) is 0 Å². The first-order valence-electron chi connectivity index (χ1n) is 6.49. The Morgan fingerprint density at radius 2 is 2.05 bits per heavy atom. The zero-order valence-corrected chi connectivity index (χ0v) is 13.4. The van der Waals surface area contributed by atoms with Gasteiger partial charge < -0.3 is 11.1 Å². The second kappa shape index (κ2) is 6.66. The Kier molecular flexibility index (Phi) is 5.16. The molecule has 1 saturated carbocycles. The first-order chi connectivity index (χ1) is 9.10. The zero-order valence-electron chi connectivity index (χ0n) is 11.0. The lowest BCUT2D eigenvalue weighted by molar-refractivity contribution is 0.0929. The number of hydrogen-bond donors (Lipinski definition) is 2. The summed E-state index contributed by atoms with van der Waals surface area (Å²) < 4.78 is 0.891. The van der Waals surface area contributed by atoms with Gasteiger partial charge >= 0.3 is 0 Å². The fraction of sp³-hybridized carbons (Fsp3) is 0.500. The van der Waals surface area contributed by atoms with Crippen molar-refractivity contribution in [3.05, 3.63) is 28.2 Å². The van der Waals surface area contributed by atoms with Crippen molar-refractivity contribution in [2.45, 2.75) is 37.0 Å². The quantitative estimate of drug-likeness (QED) is 0.827. The van der Waals surface area contributed by atoms with Gasteiger partial charge in [-0.2, -0.15) is 11.8 Å². The van der Waals surface area contributed by atoms with Crippen LogP contribution in [-0.4, -0.2) is 23.5 Å². The maximum absolute atomic E-state index is 12.2. The molecule has 0 heterocycles. The van der Waals surface area contributed by atoms with Crippen molar-refractivity contribution in [1.29, 1.82) is 0 Å². The monoisotopic (exact) mass is 342 g/mol. The van der Waals surface area contributed by atoms with Gasteiger partial charge in [0.05, 0.1) is 5.56 Å². The molecule has 0 radical (unpaired) electrons. The number of hydrogen-bond acceptors (Lipinski definition) is 3. The number of nitrogens with two attached hydrogens (primary N) is 1. The molecule has 104 valence electrons. The molecule has 1 aliphatic carbocycles. The first kappa shape index (κ1) is 14.7. The molecule has 0 bridgehead atoms. The smallest absolute Gasteiger partial charge is 0.253 e. The van der Waals surface area contributed by atoms with Crippen LogP contribution in [0.3, 0.4) is 0 Å². The summed E-state index contributed by atoms with van der Waals surface area (Å²) in [7, 11) is 0. The van der Waals surface area contributed by atoms with Crippen molar-refractivity contribution in [2.75, 3.05) is 12.0 Å². The molecule has 0 saturated heterocycles. The second-order valence-electron chi connectivity index (χ2n) is 4.91. The van der Waals surface area contributed by atoms with E-state index < -0.39 is 0 Å². The van der Waals surface area contributed by atoms with E-state index in [0.29, 0.717) is 17.3 Å². The lowest BCUT2D eigenvalue weighted by atomic mass is 9.94. The number of nitrogens with one attached hydrogen (secondary N) is 1. The minimum atomic E-state index is -0.0578. The molecule has 19 heavy (non-hydrogen) atoms. The van der Waals surface area contributed by atoms with E-state index in [1.54, 1.807) is 12.1 Å². The Balaban J connectivity index is 1.94. The molecular weight excluding hydrogens is 324 g/mol. The van der Waals surface area contributed by atoms with Crippen molar-refractivity contribution in [1.82, 2.24) is 5.32 Å². The number of halogens is 1. The fourth-order valence-electron chi connectivity index (χ4n) is 2.45. The maximum atomic E-state index is 12.2. The highest BCUT2D eigenvalue weighted by Crippen LogP contribution is 2.27. The topological polar surface area (TPSA) is 55.1 Å². The largest absolute Gasteiger partial charge is 0.398 e. The Bertz CT molecular complexity index is 459. The normalized spacial score (nSPS) is 23.1. The number of benzene rings is 1. The van der Waals surface area contributed by atoms with Gasteiger partial charge in [-0.1, -0.05) is 15.9 Å². The third-order valence-corrected chi connectivity index (χ3v) is 5.23. The average Bonchev–Trinajstić information content (AvgIpc) is 2.39. The number of nitrogen functional groups attached to an aromatic ring is 1. The average molecular weight is 343 g/mol. The third-order valence-electron chi connectivity index (χ3n) is 3.60. The number of amides is 1. The van der Waals surface area contributed by atoms with E-state index in [1.165, 1.54) is 12.8 Å². The molecule has 3 nitrogen and oxygen atoms in total. The number of carbonyl (C=O) groups excluding carboxylic acids is 1. The van der Waals surface area contributed by atoms with Gasteiger partial charge in [0.2, 0.25) is 0 Å². The van der Waals surface area contributed by atoms with Crippen molar-refractivity contribution in [3.8, 4) is 0 Å². The molecule has 1 aliphatic rings. The number of thioether (sulfide) groups is 1. The van der Waals surface area contributed by atoms with Gasteiger partial charge in [-0.25, -0.2) is 0 Å². The van der Waals surface area contributed by atoms with Crippen molar-refractivity contribution < 1.29 is 4.79 Å². The summed E-state index contributed by atoms with van der Waals surface area (Å²) in [4.78, 5) is 12.2. The number of carbonyl (C=O) groups is 1.